The van der Waals surface area contributed by atoms with Crippen LogP contribution in [0.3, 0.4) is 0 Å². The highest BCUT2D eigenvalue weighted by atomic mass is 19.1. The number of anilines is 1. The Kier molecular flexibility index (Phi) is 6.81. The Morgan fingerprint density at radius 2 is 1.90 bits per heavy atom. The Morgan fingerprint density at radius 3 is 2.48 bits per heavy atom. The van der Waals surface area contributed by atoms with Crippen molar-refractivity contribution in [3.05, 3.63) is 30.1 Å². The number of amides is 2. The molecular weight excluding hydrogens is 273 g/mol. The normalized spacial score (nSPS) is 10.5. The molecule has 1 aromatic carbocycles. The number of benzene rings is 1. The van der Waals surface area contributed by atoms with Gasteiger partial charge in [0.2, 0.25) is 11.8 Å². The molecule has 0 atom stereocenters. The summed E-state index contributed by atoms with van der Waals surface area (Å²) in [4.78, 5) is 26.6. The summed E-state index contributed by atoms with van der Waals surface area (Å²) in [5, 5.41) is 2.73. The van der Waals surface area contributed by atoms with Gasteiger partial charge in [0.25, 0.3) is 0 Å². The van der Waals surface area contributed by atoms with E-state index in [1.165, 1.54) is 19.1 Å². The quantitative estimate of drug-likeness (QED) is 0.770. The predicted molar refractivity (Wildman–Crippen MR) is 80.6 cm³/mol. The standard InChI is InChI=1S/C15H22FN3O2/c1-12(20)19(14-8-5-4-7-13(14)16)11-15(21)17-9-6-10-18(2)3/h4-5,7-8H,6,9-11H2,1-3H3,(H,17,21). The number of carbonyl (C=O) groups excluding carboxylic acids is 2. The van der Waals surface area contributed by atoms with Crippen molar-refractivity contribution in [2.24, 2.45) is 0 Å². The summed E-state index contributed by atoms with van der Waals surface area (Å²) in [6, 6.07) is 5.91. The lowest BCUT2D eigenvalue weighted by molar-refractivity contribution is -0.123. The minimum atomic E-state index is -0.520. The van der Waals surface area contributed by atoms with Gasteiger partial charge in [0.15, 0.2) is 0 Å². The van der Waals surface area contributed by atoms with Crippen LogP contribution in [0.5, 0.6) is 0 Å². The number of carbonyl (C=O) groups is 2. The Bertz CT molecular complexity index is 492. The first kappa shape index (κ1) is 17.1. The number of hydrogen-bond acceptors (Lipinski definition) is 3. The van der Waals surface area contributed by atoms with Gasteiger partial charge in [0.05, 0.1) is 5.69 Å². The van der Waals surface area contributed by atoms with Gasteiger partial charge in [0.1, 0.15) is 12.4 Å². The van der Waals surface area contributed by atoms with Crippen molar-refractivity contribution in [1.29, 1.82) is 0 Å². The third kappa shape index (κ3) is 5.91. The fraction of sp³-hybridized carbons (Fsp3) is 0.467. The van der Waals surface area contributed by atoms with Crippen molar-refractivity contribution in [3.63, 3.8) is 0 Å². The van der Waals surface area contributed by atoms with Crippen LogP contribution in [0.15, 0.2) is 24.3 Å². The third-order valence-electron chi connectivity index (χ3n) is 2.93. The molecule has 0 fully saturated rings. The molecule has 0 heterocycles. The lowest BCUT2D eigenvalue weighted by atomic mass is 10.2. The molecule has 0 aliphatic rings. The molecule has 116 valence electrons. The van der Waals surface area contributed by atoms with Crippen LogP contribution in [0.1, 0.15) is 13.3 Å². The molecule has 1 aromatic rings. The van der Waals surface area contributed by atoms with E-state index in [4.69, 9.17) is 0 Å². The van der Waals surface area contributed by atoms with E-state index in [-0.39, 0.29) is 24.0 Å². The molecule has 6 heteroatoms. The number of nitrogens with one attached hydrogen (secondary N) is 1. The van der Waals surface area contributed by atoms with E-state index in [1.54, 1.807) is 12.1 Å². The van der Waals surface area contributed by atoms with Gasteiger partial charge in [-0.2, -0.15) is 0 Å². The van der Waals surface area contributed by atoms with Crippen LogP contribution in [0.4, 0.5) is 10.1 Å². The van der Waals surface area contributed by atoms with E-state index in [0.29, 0.717) is 6.54 Å². The summed E-state index contributed by atoms with van der Waals surface area (Å²) in [5.41, 5.74) is 0.119. The van der Waals surface area contributed by atoms with Crippen molar-refractivity contribution < 1.29 is 14.0 Å². The first-order valence-electron chi connectivity index (χ1n) is 6.86. The maximum absolute atomic E-state index is 13.7. The molecule has 0 aliphatic heterocycles. The zero-order valence-electron chi connectivity index (χ0n) is 12.7. The van der Waals surface area contributed by atoms with E-state index >= 15 is 0 Å². The molecule has 21 heavy (non-hydrogen) atoms. The van der Waals surface area contributed by atoms with Gasteiger partial charge in [0, 0.05) is 13.5 Å². The summed E-state index contributed by atoms with van der Waals surface area (Å²) < 4.78 is 13.7. The number of hydrogen-bond donors (Lipinski definition) is 1. The summed E-state index contributed by atoms with van der Waals surface area (Å²) in [7, 11) is 3.91. The van der Waals surface area contributed by atoms with Crippen LogP contribution in [0.2, 0.25) is 0 Å². The molecular formula is C15H22FN3O2. The second-order valence-corrected chi connectivity index (χ2v) is 5.06. The highest BCUT2D eigenvalue weighted by Crippen LogP contribution is 2.18. The summed E-state index contributed by atoms with van der Waals surface area (Å²) >= 11 is 0. The van der Waals surface area contributed by atoms with Gasteiger partial charge in [-0.1, -0.05) is 12.1 Å². The minimum Gasteiger partial charge on any atom is -0.355 e. The van der Waals surface area contributed by atoms with E-state index in [0.717, 1.165) is 17.9 Å². The van der Waals surface area contributed by atoms with E-state index in [9.17, 15) is 14.0 Å². The van der Waals surface area contributed by atoms with Crippen LogP contribution in [0, 0.1) is 5.82 Å². The minimum absolute atomic E-state index is 0.119. The summed E-state index contributed by atoms with van der Waals surface area (Å²) in [6.45, 7) is 2.52. The molecule has 0 bridgehead atoms. The van der Waals surface area contributed by atoms with Crippen LogP contribution < -0.4 is 10.2 Å². The largest absolute Gasteiger partial charge is 0.355 e. The van der Waals surface area contributed by atoms with Crippen molar-refractivity contribution in [2.45, 2.75) is 13.3 Å². The van der Waals surface area contributed by atoms with Gasteiger partial charge in [-0.3, -0.25) is 9.59 Å². The molecule has 0 radical (unpaired) electrons. The van der Waals surface area contributed by atoms with Crippen LogP contribution >= 0.6 is 0 Å². The van der Waals surface area contributed by atoms with Crippen molar-refractivity contribution in [3.8, 4) is 0 Å². The Hall–Kier alpha value is -1.95. The van der Waals surface area contributed by atoms with Crippen molar-refractivity contribution >= 4 is 17.5 Å². The number of halogens is 1. The molecule has 0 saturated heterocycles. The van der Waals surface area contributed by atoms with E-state index < -0.39 is 5.82 Å². The number of para-hydroxylation sites is 1. The molecule has 1 rings (SSSR count). The zero-order chi connectivity index (χ0) is 15.8. The topological polar surface area (TPSA) is 52.7 Å². The van der Waals surface area contributed by atoms with Gasteiger partial charge in [-0.25, -0.2) is 4.39 Å². The summed E-state index contributed by atoms with van der Waals surface area (Å²) in [6.07, 6.45) is 0.818. The lowest BCUT2D eigenvalue weighted by Crippen LogP contribution is -2.40. The molecule has 1 N–H and O–H groups in total. The Morgan fingerprint density at radius 1 is 1.24 bits per heavy atom. The fourth-order valence-electron chi connectivity index (χ4n) is 1.86. The van der Waals surface area contributed by atoms with Crippen LogP contribution in [0.25, 0.3) is 0 Å². The highest BCUT2D eigenvalue weighted by Gasteiger charge is 2.18. The van der Waals surface area contributed by atoms with E-state index in [2.05, 4.69) is 5.32 Å². The maximum atomic E-state index is 13.7. The first-order valence-corrected chi connectivity index (χ1v) is 6.86. The molecule has 0 saturated carbocycles. The molecule has 0 unspecified atom stereocenters. The predicted octanol–water partition coefficient (Wildman–Crippen LogP) is 1.25. The summed E-state index contributed by atoms with van der Waals surface area (Å²) in [5.74, 6) is -1.19. The lowest BCUT2D eigenvalue weighted by Gasteiger charge is -2.21. The van der Waals surface area contributed by atoms with Gasteiger partial charge < -0.3 is 15.1 Å². The average molecular weight is 295 g/mol. The monoisotopic (exact) mass is 295 g/mol. The van der Waals surface area contributed by atoms with Crippen LogP contribution in [-0.4, -0.2) is 50.4 Å². The highest BCUT2D eigenvalue weighted by molar-refractivity contribution is 5.97. The first-order chi connectivity index (χ1) is 9.91. The number of rotatable bonds is 7. The van der Waals surface area contributed by atoms with Gasteiger partial charge >= 0.3 is 0 Å². The molecule has 5 nitrogen and oxygen atoms in total. The van der Waals surface area contributed by atoms with Crippen molar-refractivity contribution in [1.82, 2.24) is 10.2 Å². The Labute approximate surface area is 124 Å². The van der Waals surface area contributed by atoms with Gasteiger partial charge in [-0.05, 0) is 39.2 Å². The molecule has 0 aliphatic carbocycles. The SMILES string of the molecule is CC(=O)N(CC(=O)NCCCN(C)C)c1ccccc1F. The molecule has 0 aromatic heterocycles. The molecule has 0 spiro atoms. The number of nitrogens with zero attached hydrogens (tertiary/aromatic N) is 2. The maximum Gasteiger partial charge on any atom is 0.240 e. The van der Waals surface area contributed by atoms with Crippen LogP contribution in [-0.2, 0) is 9.59 Å². The smallest absolute Gasteiger partial charge is 0.240 e. The van der Waals surface area contributed by atoms with Gasteiger partial charge in [-0.15, -0.1) is 0 Å². The second-order valence-electron chi connectivity index (χ2n) is 5.06. The zero-order valence-corrected chi connectivity index (χ0v) is 12.7. The van der Waals surface area contributed by atoms with Crippen molar-refractivity contribution in [2.75, 3.05) is 38.6 Å². The second kappa shape index (κ2) is 8.36. The fourth-order valence-corrected chi connectivity index (χ4v) is 1.86. The average Bonchev–Trinajstić information content (AvgIpc) is 2.41. The molecule has 2 amide bonds. The third-order valence-corrected chi connectivity index (χ3v) is 2.93. The van der Waals surface area contributed by atoms with E-state index in [1.807, 2.05) is 19.0 Å². The Balaban J connectivity index is 2.58.